The van der Waals surface area contributed by atoms with Crippen LogP contribution in [0, 0.1) is 12.4 Å². The number of hydrogen-bond donors (Lipinski definition) is 2. The molecule has 0 spiro atoms. The summed E-state index contributed by atoms with van der Waals surface area (Å²) in [6.07, 6.45) is 0. The Balaban J connectivity index is -0.000000125. The summed E-state index contributed by atoms with van der Waals surface area (Å²) in [4.78, 5) is 9.82. The zero-order valence-corrected chi connectivity index (χ0v) is 5.74. The van der Waals surface area contributed by atoms with E-state index in [2.05, 4.69) is 6.58 Å². The van der Waals surface area contributed by atoms with Gasteiger partial charge in [-0.15, -0.1) is 0 Å². The van der Waals surface area contributed by atoms with Crippen molar-refractivity contribution in [3.8, 4) is 0 Å². The van der Waals surface area contributed by atoms with E-state index in [1.54, 1.807) is 6.92 Å². The third kappa shape index (κ3) is 9.07. The molecule has 0 fully saturated rings. The lowest BCUT2D eigenvalue weighted by Crippen LogP contribution is -2.10. The lowest BCUT2D eigenvalue weighted by atomic mass is 10.3. The van der Waals surface area contributed by atoms with Gasteiger partial charge in [0.15, 0.2) is 0 Å². The van der Waals surface area contributed by atoms with Crippen LogP contribution in [0.25, 0.3) is 0 Å². The Morgan fingerprint density at radius 1 is 1.62 bits per heavy atom. The van der Waals surface area contributed by atoms with Gasteiger partial charge in [-0.1, -0.05) is 6.58 Å². The zero-order valence-electron chi connectivity index (χ0n) is 4.85. The van der Waals surface area contributed by atoms with Crippen LogP contribution >= 0.6 is 0 Å². The molecule has 4 heteroatoms. The number of rotatable bonds is 1. The van der Waals surface area contributed by atoms with Gasteiger partial charge in [-0.25, -0.2) is 0 Å². The monoisotopic (exact) mass is 139 g/mol. The van der Waals surface area contributed by atoms with Gasteiger partial charge in [-0.3, -0.25) is 4.79 Å². The Morgan fingerprint density at radius 3 is 1.75 bits per heavy atom. The molecule has 0 unspecified atom stereocenters. The number of hydrogen-bond acceptors (Lipinski definition) is 2. The highest BCUT2D eigenvalue weighted by Gasteiger charge is 1.86. The van der Waals surface area contributed by atoms with E-state index in [0.717, 1.165) is 0 Å². The molecule has 0 aromatic carbocycles. The molecule has 0 bridgehead atoms. The molecular weight excluding hydrogens is 128 g/mol. The summed E-state index contributed by atoms with van der Waals surface area (Å²) in [5, 5.41) is 0. The van der Waals surface area contributed by atoms with Crippen LogP contribution in [0.3, 0.4) is 0 Å². The fourth-order valence-corrected chi connectivity index (χ4v) is 0. The third-order valence-electron chi connectivity index (χ3n) is 0.421. The average Bonchev–Trinajstić information content (AvgIpc) is 1.36. The summed E-state index contributed by atoms with van der Waals surface area (Å²) in [6, 6.07) is 0. The molecule has 0 atom stereocenters. The second kappa shape index (κ2) is 6.46. The molecule has 0 aromatic rings. The van der Waals surface area contributed by atoms with E-state index in [-0.39, 0.29) is 18.6 Å². The van der Waals surface area contributed by atoms with Gasteiger partial charge in [0.05, 0.1) is 12.4 Å². The van der Waals surface area contributed by atoms with Crippen LogP contribution in [-0.2, 0) is 4.79 Å². The molecule has 0 saturated heterocycles. The molecule has 0 aliphatic rings. The van der Waals surface area contributed by atoms with Gasteiger partial charge in [-0.05, 0) is 6.92 Å². The minimum Gasteiger partial charge on any atom is -0.366 e. The Hall–Kier alpha value is -0.540. The van der Waals surface area contributed by atoms with Crippen molar-refractivity contribution >= 4 is 5.91 Å². The molecule has 0 rings (SSSR count). The van der Waals surface area contributed by atoms with Gasteiger partial charge in [0, 0.05) is 5.57 Å². The van der Waals surface area contributed by atoms with Crippen LogP contribution < -0.4 is 11.9 Å². The zero-order chi connectivity index (χ0) is 5.15. The molecule has 0 heterocycles. The first-order valence-electron chi connectivity index (χ1n) is 1.60. The number of amides is 1. The van der Waals surface area contributed by atoms with Crippen LogP contribution in [0.2, 0.25) is 0 Å². The van der Waals surface area contributed by atoms with Gasteiger partial charge in [0.2, 0.25) is 5.91 Å². The Labute approximate surface area is 54.9 Å². The summed E-state index contributed by atoms with van der Waals surface area (Å²) >= 11 is 0. The predicted molar refractivity (Wildman–Crippen MR) is 31.8 cm³/mol. The smallest absolute Gasteiger partial charge is 0.243 e. The van der Waals surface area contributed by atoms with Crippen LogP contribution in [0.15, 0.2) is 12.2 Å². The van der Waals surface area contributed by atoms with Crippen molar-refractivity contribution in [2.24, 2.45) is 5.73 Å². The van der Waals surface area contributed by atoms with Crippen LogP contribution in [0.4, 0.5) is 0 Å². The first-order valence-corrected chi connectivity index (χ1v) is 1.60. The third-order valence-corrected chi connectivity index (χ3v) is 0.421. The van der Waals surface area contributed by atoms with Crippen LogP contribution in [0.1, 0.15) is 6.92 Å². The standard InChI is InChI=1S/C4H7NO.ClH2.H3N/c1-3(2)4(5)6;;/h1H2,2H3,(H2,5,6);1H2;1H3/q;+1;. The van der Waals surface area contributed by atoms with Crippen molar-refractivity contribution in [2.45, 2.75) is 6.92 Å². The first kappa shape index (κ1) is 15.7. The van der Waals surface area contributed by atoms with Crippen LogP contribution in [-0.4, -0.2) is 5.91 Å². The molecule has 8 heavy (non-hydrogen) atoms. The Kier molecular flexibility index (Phi) is 12.6. The summed E-state index contributed by atoms with van der Waals surface area (Å²) in [7, 11) is 0. The summed E-state index contributed by atoms with van der Waals surface area (Å²) in [5.74, 6) is -0.435. The molecule has 1 amide bonds. The van der Waals surface area contributed by atoms with E-state index in [1.807, 2.05) is 0 Å². The van der Waals surface area contributed by atoms with Crippen LogP contribution in [0.5, 0.6) is 0 Å². The number of carbonyl (C=O) groups is 1. The quantitative estimate of drug-likeness (QED) is 0.488. The van der Waals surface area contributed by atoms with Gasteiger partial charge in [0.25, 0.3) is 0 Å². The highest BCUT2D eigenvalue weighted by atomic mass is 35.5. The van der Waals surface area contributed by atoms with E-state index in [0.29, 0.717) is 5.57 Å². The highest BCUT2D eigenvalue weighted by molar-refractivity contribution is 5.90. The average molecular weight is 140 g/mol. The summed E-state index contributed by atoms with van der Waals surface area (Å²) in [5.41, 5.74) is 5.09. The Morgan fingerprint density at radius 2 is 1.75 bits per heavy atom. The summed E-state index contributed by atoms with van der Waals surface area (Å²) in [6.45, 7) is 4.85. The van der Waals surface area contributed by atoms with Crippen molar-refractivity contribution in [1.29, 1.82) is 0 Å². The maximum absolute atomic E-state index is 9.82. The maximum atomic E-state index is 9.82. The van der Waals surface area contributed by atoms with Gasteiger partial charge in [0.1, 0.15) is 0 Å². The minimum absolute atomic E-state index is 0. The predicted octanol–water partition coefficient (Wildman–Crippen LogP) is -0.326. The topological polar surface area (TPSA) is 78.1 Å². The maximum Gasteiger partial charge on any atom is 0.243 e. The highest BCUT2D eigenvalue weighted by Crippen LogP contribution is 1.78. The number of primary amides is 1. The van der Waals surface area contributed by atoms with E-state index < -0.39 is 5.91 Å². The molecule has 0 aliphatic heterocycles. The molecule has 0 saturated carbocycles. The molecule has 0 radical (unpaired) electrons. The number of nitrogens with two attached hydrogens (primary N) is 1. The lowest BCUT2D eigenvalue weighted by Gasteiger charge is -1.81. The molecule has 3 nitrogen and oxygen atoms in total. The Bertz CT molecular complexity index is 80.0. The molecular formula is C4H12ClN2O+. The second-order valence-electron chi connectivity index (χ2n) is 1.14. The van der Waals surface area contributed by atoms with Gasteiger partial charge >= 0.3 is 0 Å². The van der Waals surface area contributed by atoms with Crippen molar-refractivity contribution in [3.63, 3.8) is 0 Å². The normalized spacial score (nSPS) is 5.62. The van der Waals surface area contributed by atoms with Crippen molar-refractivity contribution in [2.75, 3.05) is 0 Å². The van der Waals surface area contributed by atoms with Gasteiger partial charge in [-0.2, -0.15) is 0 Å². The van der Waals surface area contributed by atoms with E-state index in [1.165, 1.54) is 0 Å². The number of halogens is 1. The van der Waals surface area contributed by atoms with E-state index in [9.17, 15) is 4.79 Å². The first-order chi connectivity index (χ1) is 2.64. The molecule has 5 N–H and O–H groups in total. The largest absolute Gasteiger partial charge is 0.366 e. The van der Waals surface area contributed by atoms with E-state index >= 15 is 0 Å². The molecule has 0 aliphatic carbocycles. The lowest BCUT2D eigenvalue weighted by molar-refractivity contribution is -0.114. The van der Waals surface area contributed by atoms with Crippen molar-refractivity contribution < 1.29 is 17.2 Å². The van der Waals surface area contributed by atoms with Crippen molar-refractivity contribution in [3.05, 3.63) is 12.2 Å². The van der Waals surface area contributed by atoms with Gasteiger partial charge < -0.3 is 11.9 Å². The molecule has 0 aromatic heterocycles. The molecule has 50 valence electrons. The fourth-order valence-electron chi connectivity index (χ4n) is 0. The SMILES string of the molecule is C=C(C)C(N)=O.N.[ClH2+]. The fraction of sp³-hybridized carbons (Fsp3) is 0.250. The van der Waals surface area contributed by atoms with Crippen molar-refractivity contribution in [1.82, 2.24) is 6.15 Å². The minimum atomic E-state index is -0.435. The second-order valence-corrected chi connectivity index (χ2v) is 1.14. The summed E-state index contributed by atoms with van der Waals surface area (Å²) < 4.78 is 0. The van der Waals surface area contributed by atoms with E-state index in [4.69, 9.17) is 5.73 Å². The number of carbonyl (C=O) groups excluding carboxylic acids is 1.